The predicted octanol–water partition coefficient (Wildman–Crippen LogP) is 9.53. The Hall–Kier alpha value is -2.06. The molecule has 0 aliphatic heterocycles. The molecule has 0 saturated carbocycles. The van der Waals surface area contributed by atoms with Gasteiger partial charge in [0, 0.05) is 6.61 Å². The molecule has 0 aliphatic carbocycles. The number of rotatable bonds is 16. The van der Waals surface area contributed by atoms with Gasteiger partial charge in [-0.2, -0.15) is 0 Å². The van der Waals surface area contributed by atoms with Crippen molar-refractivity contribution in [2.24, 2.45) is 0 Å². The predicted molar refractivity (Wildman–Crippen MR) is 145 cm³/mol. The Bertz CT molecular complexity index is 632. The molecule has 0 spiro atoms. The molecule has 0 rings (SSSR count). The van der Waals surface area contributed by atoms with Gasteiger partial charge < -0.3 is 9.84 Å². The van der Waals surface area contributed by atoms with Crippen LogP contribution in [0.1, 0.15) is 99.3 Å². The number of aliphatic hydroxyl groups is 1. The summed E-state index contributed by atoms with van der Waals surface area (Å²) < 4.78 is 4.36. The first kappa shape index (κ1) is 32.1. The van der Waals surface area contributed by atoms with E-state index in [1.807, 2.05) is 0 Å². The molecule has 2 nitrogen and oxygen atoms in total. The minimum Gasteiger partial charge on any atom is -0.474 e. The fraction of sp³-hybridized carbons (Fsp3) is 0.533. The zero-order valence-corrected chi connectivity index (χ0v) is 21.9. The maximum Gasteiger partial charge on any atom is 0.0829 e. The van der Waals surface area contributed by atoms with E-state index in [9.17, 15) is 0 Å². The van der Waals surface area contributed by atoms with Crippen LogP contribution < -0.4 is 0 Å². The van der Waals surface area contributed by atoms with Gasteiger partial charge in [-0.15, -0.1) is 0 Å². The fourth-order valence-electron chi connectivity index (χ4n) is 2.99. The quantitative estimate of drug-likeness (QED) is 0.146. The molecular formula is C30H50O2. The van der Waals surface area contributed by atoms with Crippen molar-refractivity contribution in [1.82, 2.24) is 0 Å². The molecule has 182 valence electrons. The van der Waals surface area contributed by atoms with Crippen LogP contribution >= 0.6 is 0 Å². The summed E-state index contributed by atoms with van der Waals surface area (Å²) in [7, 11) is 0. The summed E-state index contributed by atoms with van der Waals surface area (Å²) in [5.41, 5.74) is 7.22. The standard InChI is InChI=1S/C26H44O.C4H6O/c1-22(2)12-9-15-25(5)18-10-16-23(3)13-7-8-14-24(4)17-11-19-26(6)20-21-27;1-3-5-4-2/h12-14,18-19,27H,7-11,15-17,20-21H2,1-6H3;3-4H,1-2H2. The molecule has 0 amide bonds. The van der Waals surface area contributed by atoms with E-state index in [0.717, 1.165) is 38.5 Å². The zero-order chi connectivity index (χ0) is 24.6. The minimum atomic E-state index is 0.258. The molecule has 0 aromatic rings. The lowest BCUT2D eigenvalue weighted by atomic mass is 10.0. The Balaban J connectivity index is 0. The summed E-state index contributed by atoms with van der Waals surface area (Å²) in [5.74, 6) is 0. The molecule has 0 saturated heterocycles. The third-order valence-electron chi connectivity index (χ3n) is 5.01. The van der Waals surface area contributed by atoms with E-state index in [1.165, 1.54) is 59.7 Å². The summed E-state index contributed by atoms with van der Waals surface area (Å²) in [5, 5.41) is 8.90. The highest BCUT2D eigenvalue weighted by atomic mass is 16.5. The van der Waals surface area contributed by atoms with Crippen molar-refractivity contribution in [2.45, 2.75) is 99.3 Å². The molecule has 0 radical (unpaired) electrons. The van der Waals surface area contributed by atoms with E-state index in [-0.39, 0.29) is 6.61 Å². The lowest BCUT2D eigenvalue weighted by Crippen LogP contribution is -1.84. The van der Waals surface area contributed by atoms with Crippen LogP contribution in [0.25, 0.3) is 0 Å². The number of allylic oxidation sites excluding steroid dienone is 9. The van der Waals surface area contributed by atoms with E-state index in [4.69, 9.17) is 5.11 Å². The zero-order valence-electron chi connectivity index (χ0n) is 21.9. The van der Waals surface area contributed by atoms with Gasteiger partial charge in [-0.1, -0.05) is 71.4 Å². The van der Waals surface area contributed by atoms with Gasteiger partial charge in [-0.3, -0.25) is 0 Å². The number of unbranched alkanes of at least 4 members (excludes halogenated alkanes) is 1. The molecule has 0 heterocycles. The number of aliphatic hydroxyl groups excluding tert-OH is 1. The Morgan fingerprint density at radius 1 is 0.562 bits per heavy atom. The van der Waals surface area contributed by atoms with E-state index >= 15 is 0 Å². The normalized spacial score (nSPS) is 12.6. The van der Waals surface area contributed by atoms with Crippen molar-refractivity contribution in [3.63, 3.8) is 0 Å². The third kappa shape index (κ3) is 26.0. The second-order valence-electron chi connectivity index (χ2n) is 8.62. The Kier molecular flexibility index (Phi) is 23.7. The second-order valence-corrected chi connectivity index (χ2v) is 8.62. The van der Waals surface area contributed by atoms with E-state index in [1.54, 1.807) is 0 Å². The second kappa shape index (κ2) is 23.6. The molecular weight excluding hydrogens is 392 g/mol. The summed E-state index contributed by atoms with van der Waals surface area (Å²) >= 11 is 0. The SMILES string of the molecule is C=COC=C.CC(C)=CCCC(C)=CCCC(C)=CCCC=C(C)CCC=C(C)CCO. The van der Waals surface area contributed by atoms with Gasteiger partial charge in [-0.05, 0) is 99.3 Å². The van der Waals surface area contributed by atoms with Crippen molar-refractivity contribution < 1.29 is 9.84 Å². The van der Waals surface area contributed by atoms with Gasteiger partial charge in [0.15, 0.2) is 0 Å². The van der Waals surface area contributed by atoms with Crippen LogP contribution in [-0.2, 0) is 4.74 Å². The van der Waals surface area contributed by atoms with Crippen LogP contribution in [0.15, 0.2) is 83.9 Å². The lowest BCUT2D eigenvalue weighted by Gasteiger charge is -2.02. The van der Waals surface area contributed by atoms with Gasteiger partial charge in [-0.25, -0.2) is 0 Å². The first-order valence-corrected chi connectivity index (χ1v) is 12.0. The Labute approximate surface area is 199 Å². The summed E-state index contributed by atoms with van der Waals surface area (Å²) in [4.78, 5) is 0. The molecule has 0 aromatic carbocycles. The third-order valence-corrected chi connectivity index (χ3v) is 5.01. The first-order chi connectivity index (χ1) is 15.3. The number of hydrogen-bond donors (Lipinski definition) is 1. The van der Waals surface area contributed by atoms with Crippen LogP contribution in [0.3, 0.4) is 0 Å². The molecule has 32 heavy (non-hydrogen) atoms. The summed E-state index contributed by atoms with van der Waals surface area (Å²) in [6.45, 7) is 20.0. The van der Waals surface area contributed by atoms with Gasteiger partial charge in [0.05, 0.1) is 12.5 Å². The van der Waals surface area contributed by atoms with Crippen molar-refractivity contribution in [1.29, 1.82) is 0 Å². The molecule has 0 aliphatic rings. The minimum absolute atomic E-state index is 0.258. The molecule has 0 bridgehead atoms. The number of ether oxygens (including phenoxy) is 1. The Morgan fingerprint density at radius 2 is 0.906 bits per heavy atom. The average Bonchev–Trinajstić information content (AvgIpc) is 2.72. The van der Waals surface area contributed by atoms with E-state index in [0.29, 0.717) is 0 Å². The molecule has 0 fully saturated rings. The van der Waals surface area contributed by atoms with Crippen LogP contribution in [0.5, 0.6) is 0 Å². The highest BCUT2D eigenvalue weighted by Gasteiger charge is 1.93. The average molecular weight is 443 g/mol. The summed E-state index contributed by atoms with van der Waals surface area (Å²) in [6, 6.07) is 0. The molecule has 0 aromatic heterocycles. The molecule has 1 N–H and O–H groups in total. The fourth-order valence-corrected chi connectivity index (χ4v) is 2.99. The maximum atomic E-state index is 8.90. The van der Waals surface area contributed by atoms with Crippen molar-refractivity contribution in [2.75, 3.05) is 6.61 Å². The highest BCUT2D eigenvalue weighted by molar-refractivity contribution is 5.07. The number of hydrogen-bond acceptors (Lipinski definition) is 2. The maximum absolute atomic E-state index is 8.90. The monoisotopic (exact) mass is 442 g/mol. The van der Waals surface area contributed by atoms with E-state index in [2.05, 4.69) is 89.8 Å². The highest BCUT2D eigenvalue weighted by Crippen LogP contribution is 2.13. The molecule has 2 heteroatoms. The van der Waals surface area contributed by atoms with Crippen LogP contribution in [-0.4, -0.2) is 11.7 Å². The topological polar surface area (TPSA) is 29.5 Å². The van der Waals surface area contributed by atoms with Gasteiger partial charge >= 0.3 is 0 Å². The van der Waals surface area contributed by atoms with Crippen LogP contribution in [0, 0.1) is 0 Å². The Morgan fingerprint density at radius 3 is 1.22 bits per heavy atom. The van der Waals surface area contributed by atoms with Crippen molar-refractivity contribution >= 4 is 0 Å². The summed E-state index contributed by atoms with van der Waals surface area (Å²) in [6.07, 6.45) is 24.4. The molecule has 0 atom stereocenters. The van der Waals surface area contributed by atoms with Crippen LogP contribution in [0.2, 0.25) is 0 Å². The van der Waals surface area contributed by atoms with Gasteiger partial charge in [0.1, 0.15) is 0 Å². The largest absolute Gasteiger partial charge is 0.474 e. The van der Waals surface area contributed by atoms with Gasteiger partial charge in [0.25, 0.3) is 0 Å². The lowest BCUT2D eigenvalue weighted by molar-refractivity contribution is 0.299. The first-order valence-electron chi connectivity index (χ1n) is 12.0. The smallest absolute Gasteiger partial charge is 0.0829 e. The van der Waals surface area contributed by atoms with Crippen LogP contribution in [0.4, 0.5) is 0 Å². The van der Waals surface area contributed by atoms with Crippen molar-refractivity contribution in [3.8, 4) is 0 Å². The molecule has 0 unspecified atom stereocenters. The van der Waals surface area contributed by atoms with E-state index < -0.39 is 0 Å². The van der Waals surface area contributed by atoms with Gasteiger partial charge in [0.2, 0.25) is 0 Å². The van der Waals surface area contributed by atoms with Crippen molar-refractivity contribution in [3.05, 3.63) is 83.9 Å².